The summed E-state index contributed by atoms with van der Waals surface area (Å²) in [6.45, 7) is 7.44. The molecule has 3 heteroatoms. The van der Waals surface area contributed by atoms with Crippen LogP contribution in [-0.4, -0.2) is 15.1 Å². The van der Waals surface area contributed by atoms with Crippen LogP contribution in [0.4, 0.5) is 0 Å². The quantitative estimate of drug-likeness (QED) is 0.724. The van der Waals surface area contributed by atoms with Crippen molar-refractivity contribution >= 4 is 15.9 Å². The monoisotopic (exact) mass is 272 g/mol. The van der Waals surface area contributed by atoms with Gasteiger partial charge in [-0.25, -0.2) is 0 Å². The molecule has 0 saturated heterocycles. The van der Waals surface area contributed by atoms with Crippen molar-refractivity contribution in [3.63, 3.8) is 0 Å². The fraction of sp³-hybridized carbons (Fsp3) is 0.750. The van der Waals surface area contributed by atoms with Gasteiger partial charge < -0.3 is 0 Å². The van der Waals surface area contributed by atoms with Gasteiger partial charge in [0.15, 0.2) is 0 Å². The Kier molecular flexibility index (Phi) is 5.37. The molecule has 0 aliphatic heterocycles. The highest BCUT2D eigenvalue weighted by Crippen LogP contribution is 2.17. The first-order chi connectivity index (χ1) is 7.21. The van der Waals surface area contributed by atoms with Crippen LogP contribution in [0.2, 0.25) is 0 Å². The molecule has 1 rings (SSSR count). The molecule has 1 heterocycles. The Morgan fingerprint density at radius 2 is 2.20 bits per heavy atom. The predicted molar refractivity (Wildman–Crippen MR) is 68.5 cm³/mol. The summed E-state index contributed by atoms with van der Waals surface area (Å²) in [7, 11) is 0. The molecule has 0 spiro atoms. The number of aryl methyl sites for hydroxylation is 2. The summed E-state index contributed by atoms with van der Waals surface area (Å²) in [6.07, 6.45) is 3.70. The maximum Gasteiger partial charge on any atom is 0.0596 e. The molecule has 86 valence electrons. The van der Waals surface area contributed by atoms with E-state index < -0.39 is 0 Å². The first-order valence-corrected chi connectivity index (χ1v) is 6.92. The molecule has 1 aromatic rings. The molecule has 0 fully saturated rings. The van der Waals surface area contributed by atoms with Crippen molar-refractivity contribution in [2.75, 3.05) is 5.33 Å². The Morgan fingerprint density at radius 3 is 2.73 bits per heavy atom. The third-order valence-corrected chi connectivity index (χ3v) is 3.61. The molecule has 2 nitrogen and oxygen atoms in total. The molecular formula is C12H21BrN2. The van der Waals surface area contributed by atoms with Crippen molar-refractivity contribution in [2.24, 2.45) is 5.92 Å². The molecule has 0 radical (unpaired) electrons. The van der Waals surface area contributed by atoms with Gasteiger partial charge in [-0.2, -0.15) is 5.10 Å². The predicted octanol–water partition coefficient (Wildman–Crippen LogP) is 3.57. The summed E-state index contributed by atoms with van der Waals surface area (Å²) in [5, 5.41) is 5.57. The van der Waals surface area contributed by atoms with E-state index >= 15 is 0 Å². The average molecular weight is 273 g/mol. The molecule has 1 unspecified atom stereocenters. The zero-order chi connectivity index (χ0) is 11.3. The summed E-state index contributed by atoms with van der Waals surface area (Å²) in [6, 6.07) is 2.22. The zero-order valence-electron chi connectivity index (χ0n) is 9.96. The van der Waals surface area contributed by atoms with Gasteiger partial charge in [0.1, 0.15) is 0 Å². The van der Waals surface area contributed by atoms with E-state index in [0.717, 1.165) is 29.9 Å². The summed E-state index contributed by atoms with van der Waals surface area (Å²) in [4.78, 5) is 0. The topological polar surface area (TPSA) is 17.8 Å². The van der Waals surface area contributed by atoms with Crippen LogP contribution in [0.3, 0.4) is 0 Å². The minimum absolute atomic E-state index is 0.747. The smallest absolute Gasteiger partial charge is 0.0596 e. The van der Waals surface area contributed by atoms with Crippen LogP contribution in [0.1, 0.15) is 38.1 Å². The lowest BCUT2D eigenvalue weighted by Crippen LogP contribution is -2.11. The molecule has 0 amide bonds. The minimum atomic E-state index is 0.747. The Labute approximate surface area is 101 Å². The van der Waals surface area contributed by atoms with Gasteiger partial charge in [0, 0.05) is 17.6 Å². The Morgan fingerprint density at radius 1 is 1.47 bits per heavy atom. The van der Waals surface area contributed by atoms with Crippen LogP contribution in [0, 0.1) is 12.8 Å². The number of nitrogens with zero attached hydrogens (tertiary/aromatic N) is 2. The molecule has 1 aromatic heterocycles. The third-order valence-electron chi connectivity index (χ3n) is 2.70. The number of hydrogen-bond acceptors (Lipinski definition) is 1. The van der Waals surface area contributed by atoms with Gasteiger partial charge in [-0.05, 0) is 38.7 Å². The minimum Gasteiger partial charge on any atom is -0.270 e. The highest BCUT2D eigenvalue weighted by atomic mass is 79.9. The fourth-order valence-electron chi connectivity index (χ4n) is 1.98. The number of aromatic nitrogens is 2. The lowest BCUT2D eigenvalue weighted by Gasteiger charge is -2.13. The lowest BCUT2D eigenvalue weighted by molar-refractivity contribution is 0.501. The maximum atomic E-state index is 4.48. The van der Waals surface area contributed by atoms with Crippen LogP contribution < -0.4 is 0 Å². The van der Waals surface area contributed by atoms with Crippen molar-refractivity contribution in [1.29, 1.82) is 0 Å². The van der Waals surface area contributed by atoms with E-state index in [4.69, 9.17) is 0 Å². The lowest BCUT2D eigenvalue weighted by atomic mass is 10.00. The van der Waals surface area contributed by atoms with Crippen LogP contribution in [0.15, 0.2) is 6.07 Å². The largest absolute Gasteiger partial charge is 0.270 e. The molecule has 0 N–H and O–H groups in total. The number of rotatable bonds is 6. The van der Waals surface area contributed by atoms with E-state index in [-0.39, 0.29) is 0 Å². The second-order valence-corrected chi connectivity index (χ2v) is 4.75. The summed E-state index contributed by atoms with van der Waals surface area (Å²) < 4.78 is 2.13. The van der Waals surface area contributed by atoms with Crippen LogP contribution >= 0.6 is 15.9 Å². The third kappa shape index (κ3) is 3.63. The van der Waals surface area contributed by atoms with Gasteiger partial charge in [-0.3, -0.25) is 4.68 Å². The van der Waals surface area contributed by atoms with Crippen molar-refractivity contribution < 1.29 is 0 Å². The number of alkyl halides is 1. The van der Waals surface area contributed by atoms with Crippen molar-refractivity contribution in [2.45, 2.75) is 46.6 Å². The zero-order valence-corrected chi connectivity index (χ0v) is 11.5. The first kappa shape index (κ1) is 12.8. The molecular weight excluding hydrogens is 252 g/mol. The number of hydrogen-bond donors (Lipinski definition) is 0. The van der Waals surface area contributed by atoms with E-state index in [2.05, 4.69) is 52.5 Å². The van der Waals surface area contributed by atoms with E-state index in [0.29, 0.717) is 0 Å². The van der Waals surface area contributed by atoms with E-state index in [9.17, 15) is 0 Å². The molecule has 0 aliphatic rings. The van der Waals surface area contributed by atoms with E-state index in [1.807, 2.05) is 0 Å². The average Bonchev–Trinajstić information content (AvgIpc) is 2.58. The van der Waals surface area contributed by atoms with Crippen LogP contribution in [0.25, 0.3) is 0 Å². The van der Waals surface area contributed by atoms with Gasteiger partial charge in [-0.15, -0.1) is 0 Å². The van der Waals surface area contributed by atoms with Gasteiger partial charge >= 0.3 is 0 Å². The summed E-state index contributed by atoms with van der Waals surface area (Å²) >= 11 is 3.60. The molecule has 0 saturated carbocycles. The first-order valence-electron chi connectivity index (χ1n) is 5.80. The summed E-state index contributed by atoms with van der Waals surface area (Å²) in [5.74, 6) is 0.747. The standard InChI is InChI=1S/C12H21BrN2/c1-4-6-11(9-13)8-12-7-10(3)14-15(12)5-2/h7,11H,4-6,8-9H2,1-3H3. The highest BCUT2D eigenvalue weighted by Gasteiger charge is 2.11. The summed E-state index contributed by atoms with van der Waals surface area (Å²) in [5.41, 5.74) is 2.52. The van der Waals surface area contributed by atoms with Crippen LogP contribution in [-0.2, 0) is 13.0 Å². The fourth-order valence-corrected chi connectivity index (χ4v) is 2.53. The second kappa shape index (κ2) is 6.31. The van der Waals surface area contributed by atoms with Crippen molar-refractivity contribution in [3.05, 3.63) is 17.5 Å². The van der Waals surface area contributed by atoms with Gasteiger partial charge in [0.05, 0.1) is 5.69 Å². The van der Waals surface area contributed by atoms with Crippen molar-refractivity contribution in [3.8, 4) is 0 Å². The Hall–Kier alpha value is -0.310. The van der Waals surface area contributed by atoms with Gasteiger partial charge in [0.2, 0.25) is 0 Å². The highest BCUT2D eigenvalue weighted by molar-refractivity contribution is 9.09. The van der Waals surface area contributed by atoms with Crippen LogP contribution in [0.5, 0.6) is 0 Å². The molecule has 1 atom stereocenters. The molecule has 15 heavy (non-hydrogen) atoms. The normalized spacial score (nSPS) is 13.1. The van der Waals surface area contributed by atoms with E-state index in [1.54, 1.807) is 0 Å². The molecule has 0 bridgehead atoms. The Balaban J connectivity index is 2.68. The Bertz CT molecular complexity index is 294. The van der Waals surface area contributed by atoms with Crippen molar-refractivity contribution in [1.82, 2.24) is 9.78 Å². The van der Waals surface area contributed by atoms with Gasteiger partial charge in [-0.1, -0.05) is 29.3 Å². The number of halogens is 1. The second-order valence-electron chi connectivity index (χ2n) is 4.11. The molecule has 0 aromatic carbocycles. The maximum absolute atomic E-state index is 4.48. The van der Waals surface area contributed by atoms with E-state index in [1.165, 1.54) is 18.5 Å². The molecule has 0 aliphatic carbocycles. The van der Waals surface area contributed by atoms with Gasteiger partial charge in [0.25, 0.3) is 0 Å². The SMILES string of the molecule is CCCC(CBr)Cc1cc(C)nn1CC.